The van der Waals surface area contributed by atoms with Crippen LogP contribution in [0.4, 0.5) is 9.93 Å². The van der Waals surface area contributed by atoms with Gasteiger partial charge in [-0.05, 0) is 89.4 Å². The number of nitrogens with one attached hydrogen (secondary N) is 3. The Morgan fingerprint density at radius 1 is 1.14 bits per heavy atom. The second-order valence-corrected chi connectivity index (χ2v) is 16.5. The van der Waals surface area contributed by atoms with Crippen molar-refractivity contribution in [1.82, 2.24) is 34.4 Å². The number of anilines is 1. The summed E-state index contributed by atoms with van der Waals surface area (Å²) in [4.78, 5) is 70.0. The first-order valence-electron chi connectivity index (χ1n) is 18.6. The molecule has 59 heavy (non-hydrogen) atoms. The molecule has 0 aliphatic carbocycles. The number of fused-ring (bicyclic) bond motifs is 2. The monoisotopic (exact) mass is 914 g/mol. The van der Waals surface area contributed by atoms with Gasteiger partial charge in [0.2, 0.25) is 23.0 Å². The molecule has 6 rings (SSSR count). The molecule has 0 spiro atoms. The maximum absolute atomic E-state index is 14.1. The number of β-lactam (4-membered cyclic amide) rings is 1. The van der Waals surface area contributed by atoms with E-state index in [2.05, 4.69) is 35.0 Å². The van der Waals surface area contributed by atoms with Crippen LogP contribution >= 0.6 is 23.3 Å². The number of aromatic nitrogens is 5. The molecule has 2 atom stereocenters. The number of amides is 3. The minimum atomic E-state index is -1.03. The number of aryl methyl sites for hydroxylation is 1. The Balaban J connectivity index is 0.00000661. The molecule has 18 nitrogen and oxygen atoms in total. The van der Waals surface area contributed by atoms with Crippen LogP contribution in [-0.4, -0.2) is 103 Å². The zero-order chi connectivity index (χ0) is 41.6. The van der Waals surface area contributed by atoms with Gasteiger partial charge in [-0.2, -0.15) is 9.36 Å². The van der Waals surface area contributed by atoms with Crippen LogP contribution in [0.3, 0.4) is 0 Å². The summed E-state index contributed by atoms with van der Waals surface area (Å²) in [6, 6.07) is 10.0. The molecule has 3 N–H and O–H groups in total. The number of carbonyl (C=O) groups is 4. The van der Waals surface area contributed by atoms with Gasteiger partial charge in [-0.15, -0.1) is 11.8 Å². The van der Waals surface area contributed by atoms with Gasteiger partial charge in [0.25, 0.3) is 11.8 Å². The van der Waals surface area contributed by atoms with Crippen molar-refractivity contribution >= 4 is 69.2 Å². The van der Waals surface area contributed by atoms with Gasteiger partial charge < -0.3 is 51.2 Å². The zero-order valence-corrected chi connectivity index (χ0v) is 36.9. The Bertz CT molecular complexity index is 2220. The molecule has 316 valence electrons. The van der Waals surface area contributed by atoms with Gasteiger partial charge >= 0.3 is 17.7 Å². The van der Waals surface area contributed by atoms with Gasteiger partial charge in [-0.3, -0.25) is 19.8 Å². The van der Waals surface area contributed by atoms with Crippen LogP contribution in [0.1, 0.15) is 52.4 Å². The number of carbonyl (C=O) groups excluding carboxylic acids is 4. The smallest absolute Gasteiger partial charge is 0.414 e. The molecule has 0 radical (unpaired) electrons. The fourth-order valence-electron chi connectivity index (χ4n) is 6.06. The Morgan fingerprint density at radius 2 is 1.90 bits per heavy atom. The van der Waals surface area contributed by atoms with Gasteiger partial charge in [0.1, 0.15) is 53.2 Å². The molecule has 5 heterocycles. The summed E-state index contributed by atoms with van der Waals surface area (Å²) >= 11 is 2.22. The quantitative estimate of drug-likeness (QED) is 0.0348. The second-order valence-electron chi connectivity index (χ2n) is 14.6. The number of halogens is 1. The topological polar surface area (TPSA) is 204 Å². The summed E-state index contributed by atoms with van der Waals surface area (Å²) in [6.07, 6.45) is 3.46. The van der Waals surface area contributed by atoms with Crippen LogP contribution in [0.15, 0.2) is 65.3 Å². The number of oxime groups is 1. The summed E-state index contributed by atoms with van der Waals surface area (Å²) < 4.78 is 24.6. The number of esters is 1. The van der Waals surface area contributed by atoms with E-state index < -0.39 is 47.0 Å². The number of hydrogen-bond acceptors (Lipinski definition) is 15. The number of rotatable bonds is 16. The van der Waals surface area contributed by atoms with Crippen molar-refractivity contribution in [2.45, 2.75) is 83.9 Å². The highest BCUT2D eigenvalue weighted by molar-refractivity contribution is 8.00. The number of thioether (sulfide) groups is 1. The lowest BCUT2D eigenvalue weighted by molar-refractivity contribution is -0.664. The Morgan fingerprint density at radius 3 is 2.59 bits per heavy atom. The number of ether oxygens (including phenoxy) is 3. The van der Waals surface area contributed by atoms with Crippen molar-refractivity contribution in [1.29, 1.82) is 0 Å². The molecule has 1 saturated heterocycles. The van der Waals surface area contributed by atoms with Crippen molar-refractivity contribution in [2.75, 3.05) is 31.8 Å². The first kappa shape index (κ1) is 45.0. The van der Waals surface area contributed by atoms with Crippen molar-refractivity contribution in [3.8, 4) is 5.75 Å². The minimum Gasteiger partial charge on any atom is -1.00 e. The summed E-state index contributed by atoms with van der Waals surface area (Å²) in [5.41, 5.74) is 2.12. The molecule has 1 fully saturated rings. The maximum Gasteiger partial charge on any atom is 0.414 e. The first-order valence-corrected chi connectivity index (χ1v) is 20.4. The van der Waals surface area contributed by atoms with Crippen LogP contribution < -0.4 is 42.2 Å². The highest BCUT2D eigenvalue weighted by Gasteiger charge is 2.55. The third-order valence-corrected chi connectivity index (χ3v) is 10.7. The van der Waals surface area contributed by atoms with Crippen LogP contribution in [0.5, 0.6) is 5.75 Å². The molecule has 2 aliphatic rings. The third-order valence-electron chi connectivity index (χ3n) is 8.71. The summed E-state index contributed by atoms with van der Waals surface area (Å²) in [5, 5.41) is 11.8. The molecule has 1 aromatic carbocycles. The number of hydrogen-bond donors (Lipinski definition) is 3. The first-order chi connectivity index (χ1) is 27.8. The van der Waals surface area contributed by atoms with E-state index in [-0.39, 0.29) is 52.5 Å². The molecule has 4 aromatic rings. The van der Waals surface area contributed by atoms with E-state index in [1.165, 1.54) is 16.7 Å². The van der Waals surface area contributed by atoms with E-state index in [1.54, 1.807) is 72.3 Å². The zero-order valence-electron chi connectivity index (χ0n) is 33.7. The normalized spacial score (nSPS) is 16.6. The second kappa shape index (κ2) is 19.8. The fraction of sp³-hybridized carbons (Fsp3) is 0.447. The summed E-state index contributed by atoms with van der Waals surface area (Å²) in [6.45, 7) is 10.5. The number of imidazole rings is 1. The lowest BCUT2D eigenvalue weighted by atomic mass is 10.0. The average molecular weight is 916 g/mol. The fourth-order valence-corrected chi connectivity index (χ4v) is 7.96. The predicted octanol–water partition coefficient (Wildman–Crippen LogP) is 0.371. The Kier molecular flexibility index (Phi) is 15.1. The lowest BCUT2D eigenvalue weighted by Crippen LogP contribution is -3.00. The van der Waals surface area contributed by atoms with E-state index >= 15 is 0 Å². The summed E-state index contributed by atoms with van der Waals surface area (Å²) in [5.74, 6) is -1.09. The number of methoxy groups -OCH3 is 1. The highest BCUT2D eigenvalue weighted by atomic mass is 79.9. The van der Waals surface area contributed by atoms with Crippen LogP contribution in [-0.2, 0) is 48.4 Å². The van der Waals surface area contributed by atoms with E-state index in [4.69, 9.17) is 24.0 Å². The maximum atomic E-state index is 14.1. The minimum absolute atomic E-state index is 0. The van der Waals surface area contributed by atoms with E-state index in [0.29, 0.717) is 17.1 Å². The molecule has 0 saturated carbocycles. The van der Waals surface area contributed by atoms with E-state index in [1.807, 2.05) is 29.9 Å². The lowest BCUT2D eigenvalue weighted by Gasteiger charge is -2.49. The van der Waals surface area contributed by atoms with Gasteiger partial charge in [0.15, 0.2) is 0 Å². The third kappa shape index (κ3) is 10.9. The molecular formula is C38H47BrN10O8S2. The van der Waals surface area contributed by atoms with Crippen molar-refractivity contribution in [3.63, 3.8) is 0 Å². The Labute approximate surface area is 360 Å². The van der Waals surface area contributed by atoms with Crippen molar-refractivity contribution < 1.29 is 59.8 Å². The van der Waals surface area contributed by atoms with E-state index in [0.717, 1.165) is 47.8 Å². The van der Waals surface area contributed by atoms with Gasteiger partial charge in [0, 0.05) is 29.4 Å². The number of pyridine rings is 1. The standard InChI is InChI=1S/C38H46N10O8S2.BrH/c1-22(2)56-44-27(30-42-36(58-45-30)43-37(52)55-38(3,4)5)32(49)41-28-33(50)48-29(35(51)54-19-23-11-13-25(53-7)14-12-23)24(20-57-34(28)48)18-46-16-8-10-26-31(46)40-21-47(26)17-9-15-39-6;/h8,10-14,16,21-22,28,34,39H,9,15,17-20H2,1-7H3,(H-,41,42,43,45,49,52);1H/b44-27-;. The number of benzene rings is 1. The molecule has 3 aromatic heterocycles. The average Bonchev–Trinajstić information content (AvgIpc) is 3.82. The van der Waals surface area contributed by atoms with Crippen molar-refractivity contribution in [3.05, 3.63) is 71.6 Å². The highest BCUT2D eigenvalue weighted by Crippen LogP contribution is 2.41. The van der Waals surface area contributed by atoms with Crippen LogP contribution in [0.2, 0.25) is 0 Å². The van der Waals surface area contributed by atoms with Gasteiger partial charge in [-0.25, -0.2) is 14.2 Å². The van der Waals surface area contributed by atoms with Crippen molar-refractivity contribution in [2.24, 2.45) is 5.16 Å². The largest absolute Gasteiger partial charge is 1.00 e. The van der Waals surface area contributed by atoms with Crippen LogP contribution in [0.25, 0.3) is 11.2 Å². The van der Waals surface area contributed by atoms with Crippen LogP contribution in [0, 0.1) is 0 Å². The molecule has 2 aliphatic heterocycles. The number of nitrogens with zero attached hydrogens (tertiary/aromatic N) is 7. The van der Waals surface area contributed by atoms with Gasteiger partial charge in [0.05, 0.1) is 13.3 Å². The molecule has 21 heteroatoms. The SMILES string of the molecule is CNCCCn1cnc2c1ccc[n+]2CC1=C(C(=O)OCc2ccc(OC)cc2)N2C(=O)C(NC(=O)/C(=N\OC(C)C)c3nsc(NC(=O)OC(C)(C)C)n3)C2SC1.[Br-]. The predicted molar refractivity (Wildman–Crippen MR) is 216 cm³/mol. The Hall–Kier alpha value is -5.12. The van der Waals surface area contributed by atoms with Gasteiger partial charge in [-0.1, -0.05) is 17.3 Å². The molecule has 3 amide bonds. The molecule has 0 bridgehead atoms. The molecular weight excluding hydrogens is 869 g/mol. The summed E-state index contributed by atoms with van der Waals surface area (Å²) in [7, 11) is 3.48. The molecule has 2 unspecified atom stereocenters. The van der Waals surface area contributed by atoms with E-state index in [9.17, 15) is 19.2 Å².